The first kappa shape index (κ1) is 11.7. The van der Waals surface area contributed by atoms with Gasteiger partial charge in [0.25, 0.3) is 0 Å². The third kappa shape index (κ3) is 3.76. The summed E-state index contributed by atoms with van der Waals surface area (Å²) < 4.78 is 0.851. The van der Waals surface area contributed by atoms with Gasteiger partial charge in [0.1, 0.15) is 4.60 Å². The third-order valence-electron chi connectivity index (χ3n) is 2.01. The molecule has 1 aromatic heterocycles. The Morgan fingerprint density at radius 2 is 2.07 bits per heavy atom. The van der Waals surface area contributed by atoms with Crippen LogP contribution in [0.25, 0.3) is 0 Å². The molecule has 1 heterocycles. The van der Waals surface area contributed by atoms with Crippen molar-refractivity contribution in [3.05, 3.63) is 28.5 Å². The van der Waals surface area contributed by atoms with Crippen LogP contribution in [0.15, 0.2) is 22.9 Å². The Hall–Kier alpha value is -0.410. The van der Waals surface area contributed by atoms with Gasteiger partial charge in [-0.15, -0.1) is 0 Å². The molecule has 0 aliphatic rings. The van der Waals surface area contributed by atoms with Crippen molar-refractivity contribution in [3.63, 3.8) is 0 Å². The summed E-state index contributed by atoms with van der Waals surface area (Å²) in [6, 6.07) is 4.03. The van der Waals surface area contributed by atoms with Gasteiger partial charge in [-0.3, -0.25) is 0 Å². The maximum Gasteiger partial charge on any atom is 0.106 e. The molecule has 0 bridgehead atoms. The highest BCUT2D eigenvalue weighted by atomic mass is 79.9. The van der Waals surface area contributed by atoms with Crippen LogP contribution in [0.3, 0.4) is 0 Å². The minimum atomic E-state index is 0.0793. The van der Waals surface area contributed by atoms with Gasteiger partial charge in [0, 0.05) is 12.2 Å². The molecule has 1 rings (SSSR count). The van der Waals surface area contributed by atoms with Crippen molar-refractivity contribution >= 4 is 15.9 Å². The Bertz CT molecular complexity index is 287. The number of pyridine rings is 1. The lowest BCUT2D eigenvalue weighted by atomic mass is 9.86. The number of rotatable bonds is 2. The molecule has 0 saturated carbocycles. The molecule has 0 unspecified atom stereocenters. The van der Waals surface area contributed by atoms with Crippen LogP contribution < -0.4 is 5.73 Å². The lowest BCUT2D eigenvalue weighted by Gasteiger charge is -2.23. The fraction of sp³-hybridized carbons (Fsp3) is 0.545. The molecular formula is C11H17BrN2. The third-order valence-corrected chi connectivity index (χ3v) is 2.48. The molecule has 0 spiro atoms. The molecular weight excluding hydrogens is 240 g/mol. The Kier molecular flexibility index (Phi) is 3.67. The van der Waals surface area contributed by atoms with Crippen LogP contribution in [-0.4, -0.2) is 4.98 Å². The lowest BCUT2D eigenvalue weighted by Crippen LogP contribution is -2.18. The van der Waals surface area contributed by atoms with E-state index in [1.807, 2.05) is 18.3 Å². The van der Waals surface area contributed by atoms with Gasteiger partial charge in [-0.2, -0.15) is 0 Å². The standard InChI is InChI=1S/C11H17BrN2/c1-11(2,3)6-9(13)8-4-5-10(12)14-7-8/h4-5,7,9H,6,13H2,1-3H3/t9-/m0/s1. The second kappa shape index (κ2) is 4.41. The first-order chi connectivity index (χ1) is 6.38. The molecule has 2 nitrogen and oxygen atoms in total. The minimum absolute atomic E-state index is 0.0793. The maximum absolute atomic E-state index is 6.08. The first-order valence-corrected chi connectivity index (χ1v) is 5.55. The first-order valence-electron chi connectivity index (χ1n) is 4.75. The second-order valence-corrected chi connectivity index (χ2v) is 5.60. The van der Waals surface area contributed by atoms with Crippen LogP contribution >= 0.6 is 15.9 Å². The van der Waals surface area contributed by atoms with E-state index >= 15 is 0 Å². The number of hydrogen-bond donors (Lipinski definition) is 1. The van der Waals surface area contributed by atoms with E-state index in [0.29, 0.717) is 0 Å². The zero-order valence-electron chi connectivity index (χ0n) is 8.92. The van der Waals surface area contributed by atoms with Crippen molar-refractivity contribution in [1.29, 1.82) is 0 Å². The molecule has 0 aliphatic carbocycles. The van der Waals surface area contributed by atoms with Crippen LogP contribution in [0.2, 0.25) is 0 Å². The van der Waals surface area contributed by atoms with Crippen LogP contribution in [0.4, 0.5) is 0 Å². The van der Waals surface area contributed by atoms with Gasteiger partial charge in [0.15, 0.2) is 0 Å². The van der Waals surface area contributed by atoms with Gasteiger partial charge in [0.05, 0.1) is 0 Å². The van der Waals surface area contributed by atoms with Gasteiger partial charge >= 0.3 is 0 Å². The molecule has 0 radical (unpaired) electrons. The normalized spacial score (nSPS) is 14.1. The Morgan fingerprint density at radius 1 is 1.43 bits per heavy atom. The Morgan fingerprint density at radius 3 is 2.50 bits per heavy atom. The lowest BCUT2D eigenvalue weighted by molar-refractivity contribution is 0.342. The highest BCUT2D eigenvalue weighted by molar-refractivity contribution is 9.10. The van der Waals surface area contributed by atoms with Crippen molar-refractivity contribution in [2.45, 2.75) is 33.2 Å². The van der Waals surface area contributed by atoms with Crippen LogP contribution in [0, 0.1) is 5.41 Å². The molecule has 78 valence electrons. The molecule has 0 fully saturated rings. The number of hydrogen-bond acceptors (Lipinski definition) is 2. The van der Waals surface area contributed by atoms with Gasteiger partial charge in [-0.25, -0.2) is 4.98 Å². The number of nitrogens with zero attached hydrogens (tertiary/aromatic N) is 1. The minimum Gasteiger partial charge on any atom is -0.324 e. The van der Waals surface area contributed by atoms with E-state index in [-0.39, 0.29) is 11.5 Å². The van der Waals surface area contributed by atoms with Crippen LogP contribution in [-0.2, 0) is 0 Å². The zero-order chi connectivity index (χ0) is 10.8. The highest BCUT2D eigenvalue weighted by Gasteiger charge is 2.16. The molecule has 0 aliphatic heterocycles. The predicted octanol–water partition coefficient (Wildman–Crippen LogP) is 3.28. The van der Waals surface area contributed by atoms with Crippen molar-refractivity contribution in [2.24, 2.45) is 11.1 Å². The quantitative estimate of drug-likeness (QED) is 0.826. The summed E-state index contributed by atoms with van der Waals surface area (Å²) in [5.74, 6) is 0. The van der Waals surface area contributed by atoms with Gasteiger partial charge in [0.2, 0.25) is 0 Å². The summed E-state index contributed by atoms with van der Waals surface area (Å²) in [6.45, 7) is 6.58. The summed E-state index contributed by atoms with van der Waals surface area (Å²) in [4.78, 5) is 4.17. The smallest absolute Gasteiger partial charge is 0.106 e. The highest BCUT2D eigenvalue weighted by Crippen LogP contribution is 2.27. The van der Waals surface area contributed by atoms with Crippen molar-refractivity contribution in [3.8, 4) is 0 Å². The fourth-order valence-electron chi connectivity index (χ4n) is 1.38. The van der Waals surface area contributed by atoms with Crippen LogP contribution in [0.5, 0.6) is 0 Å². The second-order valence-electron chi connectivity index (χ2n) is 4.79. The van der Waals surface area contributed by atoms with E-state index in [0.717, 1.165) is 16.6 Å². The summed E-state index contributed by atoms with van der Waals surface area (Å²) in [6.07, 6.45) is 2.80. The van der Waals surface area contributed by atoms with Crippen molar-refractivity contribution in [2.75, 3.05) is 0 Å². The molecule has 2 N–H and O–H groups in total. The van der Waals surface area contributed by atoms with E-state index in [1.54, 1.807) is 0 Å². The Labute approximate surface area is 94.0 Å². The molecule has 0 amide bonds. The van der Waals surface area contributed by atoms with Gasteiger partial charge in [-0.1, -0.05) is 26.8 Å². The largest absolute Gasteiger partial charge is 0.324 e. The van der Waals surface area contributed by atoms with E-state index in [2.05, 4.69) is 41.7 Å². The zero-order valence-corrected chi connectivity index (χ0v) is 10.5. The molecule has 3 heteroatoms. The molecule has 14 heavy (non-hydrogen) atoms. The predicted molar refractivity (Wildman–Crippen MR) is 62.9 cm³/mol. The Balaban J connectivity index is 2.70. The topological polar surface area (TPSA) is 38.9 Å². The summed E-state index contributed by atoms with van der Waals surface area (Å²) in [5, 5.41) is 0. The van der Waals surface area contributed by atoms with E-state index in [9.17, 15) is 0 Å². The number of halogens is 1. The van der Waals surface area contributed by atoms with Crippen LogP contribution in [0.1, 0.15) is 38.8 Å². The fourth-order valence-corrected chi connectivity index (χ4v) is 1.62. The summed E-state index contributed by atoms with van der Waals surface area (Å²) in [7, 11) is 0. The van der Waals surface area contributed by atoms with Crippen molar-refractivity contribution < 1.29 is 0 Å². The average molecular weight is 257 g/mol. The molecule has 1 atom stereocenters. The van der Waals surface area contributed by atoms with E-state index < -0.39 is 0 Å². The van der Waals surface area contributed by atoms with E-state index in [1.165, 1.54) is 0 Å². The monoisotopic (exact) mass is 256 g/mol. The van der Waals surface area contributed by atoms with E-state index in [4.69, 9.17) is 5.73 Å². The molecule has 1 aromatic rings. The van der Waals surface area contributed by atoms with Gasteiger partial charge < -0.3 is 5.73 Å². The number of nitrogens with two attached hydrogens (primary N) is 1. The number of aromatic nitrogens is 1. The molecule has 0 saturated heterocycles. The van der Waals surface area contributed by atoms with Crippen molar-refractivity contribution in [1.82, 2.24) is 4.98 Å². The summed E-state index contributed by atoms with van der Waals surface area (Å²) in [5.41, 5.74) is 7.43. The SMILES string of the molecule is CC(C)(C)C[C@H](N)c1ccc(Br)nc1. The summed E-state index contributed by atoms with van der Waals surface area (Å²) >= 11 is 3.30. The molecule has 0 aromatic carbocycles. The maximum atomic E-state index is 6.08. The van der Waals surface area contributed by atoms with Gasteiger partial charge in [-0.05, 0) is 39.4 Å². The average Bonchev–Trinajstić information content (AvgIpc) is 2.02.